The van der Waals surface area contributed by atoms with E-state index in [2.05, 4.69) is 20.5 Å². The fourth-order valence-electron chi connectivity index (χ4n) is 2.37. The summed E-state index contributed by atoms with van der Waals surface area (Å²) in [5.74, 6) is -0.249. The second-order valence-corrected chi connectivity index (χ2v) is 8.85. The van der Waals surface area contributed by atoms with E-state index in [4.69, 9.17) is 0 Å². The topological polar surface area (TPSA) is 108 Å². The van der Waals surface area contributed by atoms with E-state index in [-0.39, 0.29) is 10.8 Å². The molecule has 0 radical (unpaired) electrons. The van der Waals surface area contributed by atoms with Crippen molar-refractivity contribution in [1.82, 2.24) is 19.5 Å². The number of aromatic nitrogens is 3. The van der Waals surface area contributed by atoms with Gasteiger partial charge in [-0.1, -0.05) is 31.7 Å². The lowest BCUT2D eigenvalue weighted by Gasteiger charge is -2.20. The quantitative estimate of drug-likeness (QED) is 0.662. The molecule has 2 N–H and O–H groups in total. The van der Waals surface area contributed by atoms with Crippen molar-refractivity contribution in [2.75, 3.05) is 18.4 Å². The van der Waals surface area contributed by atoms with Crippen LogP contribution in [0.4, 0.5) is 5.69 Å². The molecule has 0 bridgehead atoms. The first-order chi connectivity index (χ1) is 12.3. The molecule has 0 saturated carbocycles. The van der Waals surface area contributed by atoms with Crippen LogP contribution in [0.1, 0.15) is 26.3 Å². The zero-order valence-corrected chi connectivity index (χ0v) is 16.8. The van der Waals surface area contributed by atoms with Gasteiger partial charge in [-0.25, -0.2) is 13.4 Å². The summed E-state index contributed by atoms with van der Waals surface area (Å²) < 4.78 is 27.0. The standard InChI is InChI=1S/C16H23N5O3S2/c1-5-21(6-2)26(23,24)14-9-13(8-7-11(14)3)19-15(22)12(4)25-16-17-10-18-20-16/h7-10,12H,5-6H2,1-4H3,(H,19,22)(H,17,18,20)/t12-/m1/s1. The molecule has 10 heteroatoms. The van der Waals surface area contributed by atoms with Crippen LogP contribution in [0.3, 0.4) is 0 Å². The second kappa shape index (κ2) is 8.65. The van der Waals surface area contributed by atoms with E-state index in [1.54, 1.807) is 39.8 Å². The number of nitrogens with one attached hydrogen (secondary N) is 2. The maximum absolute atomic E-state index is 12.8. The van der Waals surface area contributed by atoms with Crippen LogP contribution in [0.5, 0.6) is 0 Å². The van der Waals surface area contributed by atoms with Crippen LogP contribution in [0.25, 0.3) is 0 Å². The normalized spacial score (nSPS) is 13.0. The molecule has 2 aromatic rings. The fraction of sp³-hybridized carbons (Fsp3) is 0.438. The van der Waals surface area contributed by atoms with E-state index in [0.717, 1.165) is 0 Å². The molecule has 1 amide bonds. The maximum atomic E-state index is 12.8. The highest BCUT2D eigenvalue weighted by molar-refractivity contribution is 8.00. The van der Waals surface area contributed by atoms with Crippen molar-refractivity contribution in [3.8, 4) is 0 Å². The SMILES string of the molecule is CCN(CC)S(=O)(=O)c1cc(NC(=O)[C@@H](C)Sc2ncn[nH]2)ccc1C. The molecule has 1 aromatic heterocycles. The van der Waals surface area contributed by atoms with Crippen molar-refractivity contribution in [2.45, 2.75) is 43.0 Å². The predicted octanol–water partition coefficient (Wildman–Crippen LogP) is 2.26. The van der Waals surface area contributed by atoms with Crippen molar-refractivity contribution in [2.24, 2.45) is 0 Å². The first kappa shape index (κ1) is 20.4. The van der Waals surface area contributed by atoms with Gasteiger partial charge in [-0.15, -0.1) is 0 Å². The number of hydrogen-bond donors (Lipinski definition) is 2. The Morgan fingerprint density at radius 3 is 2.62 bits per heavy atom. The van der Waals surface area contributed by atoms with E-state index in [0.29, 0.717) is 29.5 Å². The van der Waals surface area contributed by atoms with Crippen LogP contribution in [0.15, 0.2) is 34.6 Å². The van der Waals surface area contributed by atoms with Crippen LogP contribution >= 0.6 is 11.8 Å². The van der Waals surface area contributed by atoms with Crippen LogP contribution in [-0.2, 0) is 14.8 Å². The molecule has 2 rings (SSSR count). The summed E-state index contributed by atoms with van der Waals surface area (Å²) in [7, 11) is -3.60. The van der Waals surface area contributed by atoms with Crippen molar-refractivity contribution in [3.05, 3.63) is 30.1 Å². The third-order valence-electron chi connectivity index (χ3n) is 3.83. The minimum absolute atomic E-state index is 0.203. The monoisotopic (exact) mass is 397 g/mol. The fourth-order valence-corrected chi connectivity index (χ4v) is 4.80. The number of aryl methyl sites for hydroxylation is 1. The van der Waals surface area contributed by atoms with Crippen LogP contribution in [0.2, 0.25) is 0 Å². The number of rotatable bonds is 8. The Balaban J connectivity index is 2.20. The van der Waals surface area contributed by atoms with Gasteiger partial charge < -0.3 is 5.32 Å². The van der Waals surface area contributed by atoms with Gasteiger partial charge in [0.25, 0.3) is 0 Å². The van der Waals surface area contributed by atoms with Gasteiger partial charge in [0, 0.05) is 18.8 Å². The highest BCUT2D eigenvalue weighted by Gasteiger charge is 2.24. The summed E-state index contributed by atoms with van der Waals surface area (Å²) in [5, 5.41) is 9.31. The number of hydrogen-bond acceptors (Lipinski definition) is 6. The Morgan fingerprint density at radius 2 is 2.04 bits per heavy atom. The van der Waals surface area contributed by atoms with Crippen molar-refractivity contribution in [3.63, 3.8) is 0 Å². The number of amides is 1. The Morgan fingerprint density at radius 1 is 1.35 bits per heavy atom. The molecule has 0 aliphatic carbocycles. The number of nitrogens with zero attached hydrogens (tertiary/aromatic N) is 3. The predicted molar refractivity (Wildman–Crippen MR) is 102 cm³/mol. The molecular weight excluding hydrogens is 374 g/mol. The van der Waals surface area contributed by atoms with Gasteiger partial charge in [0.1, 0.15) is 6.33 Å². The number of thioether (sulfide) groups is 1. The van der Waals surface area contributed by atoms with Gasteiger partial charge in [-0.3, -0.25) is 9.89 Å². The molecule has 0 fully saturated rings. The zero-order chi connectivity index (χ0) is 19.3. The van der Waals surface area contributed by atoms with Crippen molar-refractivity contribution < 1.29 is 13.2 Å². The lowest BCUT2D eigenvalue weighted by molar-refractivity contribution is -0.115. The highest BCUT2D eigenvalue weighted by atomic mass is 32.2. The van der Waals surface area contributed by atoms with Crippen molar-refractivity contribution >= 4 is 33.4 Å². The summed E-state index contributed by atoms with van der Waals surface area (Å²) >= 11 is 1.23. The molecule has 1 atom stereocenters. The summed E-state index contributed by atoms with van der Waals surface area (Å²) in [6, 6.07) is 4.90. The molecule has 0 aliphatic rings. The first-order valence-electron chi connectivity index (χ1n) is 8.23. The number of benzene rings is 1. The molecule has 8 nitrogen and oxygen atoms in total. The van der Waals surface area contributed by atoms with Gasteiger partial charge >= 0.3 is 0 Å². The van der Waals surface area contributed by atoms with Crippen LogP contribution < -0.4 is 5.32 Å². The van der Waals surface area contributed by atoms with E-state index >= 15 is 0 Å². The molecule has 1 aromatic carbocycles. The Labute approximate surface area is 157 Å². The number of carbonyl (C=O) groups excluding carboxylic acids is 1. The minimum Gasteiger partial charge on any atom is -0.325 e. The van der Waals surface area contributed by atoms with E-state index in [1.807, 2.05) is 0 Å². The average Bonchev–Trinajstić information content (AvgIpc) is 3.10. The lowest BCUT2D eigenvalue weighted by atomic mass is 10.2. The number of anilines is 1. The van der Waals surface area contributed by atoms with Gasteiger partial charge in [0.15, 0.2) is 5.16 Å². The molecule has 26 heavy (non-hydrogen) atoms. The second-order valence-electron chi connectivity index (χ2n) is 5.61. The Bertz CT molecular complexity index is 849. The molecule has 0 saturated heterocycles. The minimum atomic E-state index is -3.60. The number of carbonyl (C=O) groups is 1. The van der Waals surface area contributed by atoms with Crippen LogP contribution in [0, 0.1) is 6.92 Å². The van der Waals surface area contributed by atoms with Crippen molar-refractivity contribution in [1.29, 1.82) is 0 Å². The maximum Gasteiger partial charge on any atom is 0.243 e. The summed E-state index contributed by atoms with van der Waals surface area (Å²) in [4.78, 5) is 16.6. The molecule has 1 heterocycles. The largest absolute Gasteiger partial charge is 0.325 e. The van der Waals surface area contributed by atoms with Crippen LogP contribution in [-0.4, -0.2) is 52.2 Å². The lowest BCUT2D eigenvalue weighted by Crippen LogP contribution is -2.31. The number of aromatic amines is 1. The highest BCUT2D eigenvalue weighted by Crippen LogP contribution is 2.25. The summed E-state index contributed by atoms with van der Waals surface area (Å²) in [6.07, 6.45) is 1.37. The molecule has 0 aliphatic heterocycles. The molecule has 0 unspecified atom stereocenters. The van der Waals surface area contributed by atoms with Gasteiger partial charge in [-0.05, 0) is 31.5 Å². The van der Waals surface area contributed by atoms with E-state index in [9.17, 15) is 13.2 Å². The average molecular weight is 398 g/mol. The number of sulfonamides is 1. The molecule has 0 spiro atoms. The van der Waals surface area contributed by atoms with Gasteiger partial charge in [0.05, 0.1) is 10.1 Å². The smallest absolute Gasteiger partial charge is 0.243 e. The zero-order valence-electron chi connectivity index (χ0n) is 15.2. The Kier molecular flexibility index (Phi) is 6.79. The summed E-state index contributed by atoms with van der Waals surface area (Å²) in [6.45, 7) is 7.85. The van der Waals surface area contributed by atoms with Gasteiger partial charge in [0.2, 0.25) is 15.9 Å². The molecule has 142 valence electrons. The number of H-pyrrole nitrogens is 1. The Hall–Kier alpha value is -1.91. The first-order valence-corrected chi connectivity index (χ1v) is 10.5. The van der Waals surface area contributed by atoms with Gasteiger partial charge in [-0.2, -0.15) is 9.40 Å². The van der Waals surface area contributed by atoms with E-state index in [1.165, 1.54) is 28.5 Å². The summed E-state index contributed by atoms with van der Waals surface area (Å²) in [5.41, 5.74) is 1.08. The third-order valence-corrected chi connectivity index (χ3v) is 7.01. The molecular formula is C16H23N5O3S2. The third kappa shape index (κ3) is 4.63. The van der Waals surface area contributed by atoms with E-state index < -0.39 is 15.3 Å².